The van der Waals surface area contributed by atoms with Crippen LogP contribution >= 0.6 is 35.1 Å². The molecule has 4 heteroatoms. The largest absolute Gasteiger partial charge is 0.292 e. The number of halogens is 1. The van der Waals surface area contributed by atoms with Gasteiger partial charge in [-0.25, -0.2) is 0 Å². The summed E-state index contributed by atoms with van der Waals surface area (Å²) in [6, 6.07) is 0. The molecule has 0 bridgehead atoms. The van der Waals surface area contributed by atoms with Crippen LogP contribution in [0.25, 0.3) is 0 Å². The molecule has 0 saturated heterocycles. The monoisotopic (exact) mass is 245 g/mol. The van der Waals surface area contributed by atoms with Crippen molar-refractivity contribution in [1.82, 2.24) is 0 Å². The van der Waals surface area contributed by atoms with Crippen molar-refractivity contribution < 1.29 is 4.79 Å². The van der Waals surface area contributed by atoms with Crippen molar-refractivity contribution in [1.29, 1.82) is 0 Å². The molecule has 1 fully saturated rings. The highest BCUT2D eigenvalue weighted by Gasteiger charge is 2.27. The molecule has 0 N–H and O–H groups in total. The number of Topliss-reactive ketones (excluding diaryl/α,β-unsaturated/α-hetero) is 1. The van der Waals surface area contributed by atoms with Crippen LogP contribution in [0.1, 0.15) is 0 Å². The summed E-state index contributed by atoms with van der Waals surface area (Å²) in [4.78, 5) is 11.7. The lowest BCUT2D eigenvalue weighted by atomic mass is 10.0. The zero-order valence-electron chi connectivity index (χ0n) is 7.91. The molecule has 0 atom stereocenters. The summed E-state index contributed by atoms with van der Waals surface area (Å²) in [5, 5.41) is 0.316. The van der Waals surface area contributed by atoms with Crippen molar-refractivity contribution in [2.24, 2.45) is 0 Å². The number of ketones is 1. The lowest BCUT2D eigenvalue weighted by molar-refractivity contribution is -0.112. The maximum atomic E-state index is 11.7. The predicted octanol–water partition coefficient (Wildman–Crippen LogP) is 3.09. The van der Waals surface area contributed by atoms with E-state index >= 15 is 0 Å². The van der Waals surface area contributed by atoms with Crippen molar-refractivity contribution in [2.75, 3.05) is 12.5 Å². The summed E-state index contributed by atoms with van der Waals surface area (Å²) in [5.74, 6) is 0.547. The van der Waals surface area contributed by atoms with Crippen LogP contribution in [0.3, 0.4) is 0 Å². The van der Waals surface area contributed by atoms with Crippen LogP contribution in [0, 0.1) is 31.6 Å². The third-order valence-electron chi connectivity index (χ3n) is 1.67. The van der Waals surface area contributed by atoms with Gasteiger partial charge in [-0.2, -0.15) is 0 Å². The molecule has 14 heavy (non-hydrogen) atoms. The van der Waals surface area contributed by atoms with Gasteiger partial charge in [-0.15, -0.1) is 23.5 Å². The van der Waals surface area contributed by atoms with Crippen molar-refractivity contribution in [2.45, 2.75) is 0 Å². The lowest BCUT2D eigenvalue weighted by Gasteiger charge is -2.08. The van der Waals surface area contributed by atoms with E-state index in [0.717, 1.165) is 4.24 Å². The second-order valence-electron chi connectivity index (χ2n) is 2.51. The highest BCUT2D eigenvalue weighted by atomic mass is 35.5. The Morgan fingerprint density at radius 2 is 1.71 bits per heavy atom. The Morgan fingerprint density at radius 3 is 2.14 bits per heavy atom. The number of hydrogen-bond donors (Lipinski definition) is 0. The summed E-state index contributed by atoms with van der Waals surface area (Å²) < 4.78 is 0.859. The van der Waals surface area contributed by atoms with Crippen LogP contribution in [0.2, 0.25) is 0 Å². The van der Waals surface area contributed by atoms with Crippen LogP contribution in [0.15, 0.2) is 9.27 Å². The Bertz CT molecular complexity index is 239. The first-order chi connectivity index (χ1) is 6.70. The Hall–Kier alpha value is 0.400. The molecule has 0 aliphatic heterocycles. The third kappa shape index (κ3) is 2.94. The zero-order valence-corrected chi connectivity index (χ0v) is 10.3. The number of allylic oxidation sites excluding steroid dienone is 1. The van der Waals surface area contributed by atoms with Crippen molar-refractivity contribution in [3.05, 3.63) is 40.9 Å². The van der Waals surface area contributed by atoms with Crippen LogP contribution in [0.5, 0.6) is 0 Å². The summed E-state index contributed by atoms with van der Waals surface area (Å²) in [7, 11) is 0. The number of carbonyl (C=O) groups excluding carboxylic acids is 1. The second kappa shape index (κ2) is 6.09. The maximum absolute atomic E-state index is 11.7. The molecule has 75 valence electrons. The highest BCUT2D eigenvalue weighted by Crippen LogP contribution is 2.34. The van der Waals surface area contributed by atoms with Crippen molar-refractivity contribution >= 4 is 40.9 Å². The van der Waals surface area contributed by atoms with Gasteiger partial charge in [0.25, 0.3) is 0 Å². The van der Waals surface area contributed by atoms with E-state index in [0.29, 0.717) is 11.0 Å². The van der Waals surface area contributed by atoms with Crippen LogP contribution in [-0.4, -0.2) is 18.3 Å². The molecule has 0 aromatic rings. The fourth-order valence-corrected chi connectivity index (χ4v) is 2.79. The lowest BCUT2D eigenvalue weighted by Crippen LogP contribution is -2.10. The van der Waals surface area contributed by atoms with Gasteiger partial charge in [-0.05, 0) is 38.2 Å². The van der Waals surface area contributed by atoms with Gasteiger partial charge < -0.3 is 0 Å². The van der Waals surface area contributed by atoms with Gasteiger partial charge in [0.15, 0.2) is 5.78 Å². The number of rotatable bonds is 4. The van der Waals surface area contributed by atoms with E-state index in [4.69, 9.17) is 11.6 Å². The van der Waals surface area contributed by atoms with E-state index < -0.39 is 0 Å². The van der Waals surface area contributed by atoms with Crippen LogP contribution in [0.4, 0.5) is 0 Å². The molecule has 0 aromatic heterocycles. The van der Waals surface area contributed by atoms with E-state index in [9.17, 15) is 4.79 Å². The Kier molecular flexibility index (Phi) is 5.42. The molecule has 0 amide bonds. The second-order valence-corrected chi connectivity index (χ2v) is 4.78. The first-order valence-electron chi connectivity index (χ1n) is 3.95. The molecule has 0 unspecified atom stereocenters. The summed E-state index contributed by atoms with van der Waals surface area (Å²) in [6.07, 6.45) is 11.0. The van der Waals surface area contributed by atoms with Gasteiger partial charge in [0.1, 0.15) is 5.03 Å². The molecular weight excluding hydrogens is 236 g/mol. The van der Waals surface area contributed by atoms with Gasteiger partial charge in [-0.1, -0.05) is 11.6 Å². The predicted molar refractivity (Wildman–Crippen MR) is 65.4 cm³/mol. The highest BCUT2D eigenvalue weighted by molar-refractivity contribution is 8.21. The number of hydrogen-bond acceptors (Lipinski definition) is 3. The fraction of sp³-hybridized carbons (Fsp3) is 0.200. The smallest absolute Gasteiger partial charge is 0.183 e. The van der Waals surface area contributed by atoms with E-state index in [1.807, 2.05) is 25.4 Å². The van der Waals surface area contributed by atoms with E-state index in [-0.39, 0.29) is 5.78 Å². The van der Waals surface area contributed by atoms with Gasteiger partial charge in [-0.3, -0.25) is 4.79 Å². The summed E-state index contributed by atoms with van der Waals surface area (Å²) in [5.41, 5.74) is 0. The van der Waals surface area contributed by atoms with E-state index in [1.54, 1.807) is 12.8 Å². The van der Waals surface area contributed by atoms with E-state index in [2.05, 4.69) is 0 Å². The first kappa shape index (κ1) is 12.5. The number of carbonyl (C=O) groups is 1. The maximum Gasteiger partial charge on any atom is 0.183 e. The van der Waals surface area contributed by atoms with Gasteiger partial charge in [0.2, 0.25) is 0 Å². The van der Waals surface area contributed by atoms with Gasteiger partial charge in [0, 0.05) is 0 Å². The van der Waals surface area contributed by atoms with Crippen LogP contribution in [-0.2, 0) is 4.79 Å². The molecule has 5 radical (unpaired) electrons. The molecule has 0 spiro atoms. The molecule has 1 rings (SSSR count). The molecular formula is C10H10ClOS2. The topological polar surface area (TPSA) is 17.1 Å². The number of thioether (sulfide) groups is 2. The minimum absolute atomic E-state index is 0.102. The van der Waals surface area contributed by atoms with Crippen LogP contribution < -0.4 is 0 Å². The standard InChI is InChI=1S/C10H10ClOS2/c1-13-10(14-2)8(11)9(12)7-5-3-4-6-7/h3-6H,1-2H3. The van der Waals surface area contributed by atoms with Gasteiger partial charge in [0.05, 0.1) is 10.2 Å². The Morgan fingerprint density at radius 1 is 1.21 bits per heavy atom. The third-order valence-corrected chi connectivity index (χ3v) is 4.41. The molecule has 1 aliphatic carbocycles. The molecule has 1 aliphatic rings. The van der Waals surface area contributed by atoms with Crippen molar-refractivity contribution in [3.63, 3.8) is 0 Å². The minimum atomic E-state index is -0.102. The molecule has 1 saturated carbocycles. The zero-order chi connectivity index (χ0) is 10.6. The molecule has 0 aromatic carbocycles. The molecule has 1 nitrogen and oxygen atoms in total. The van der Waals surface area contributed by atoms with Crippen molar-refractivity contribution in [3.8, 4) is 0 Å². The minimum Gasteiger partial charge on any atom is -0.292 e. The summed E-state index contributed by atoms with van der Waals surface area (Å²) in [6.45, 7) is 0. The average Bonchev–Trinajstić information content (AvgIpc) is 2.71. The summed E-state index contributed by atoms with van der Waals surface area (Å²) >= 11 is 8.96. The fourth-order valence-electron chi connectivity index (χ4n) is 1.01. The first-order valence-corrected chi connectivity index (χ1v) is 6.77. The Balaban J connectivity index is 2.71. The van der Waals surface area contributed by atoms with Gasteiger partial charge >= 0.3 is 0 Å². The average molecular weight is 246 g/mol. The quantitative estimate of drug-likeness (QED) is 0.709. The Labute approximate surface area is 99.0 Å². The normalized spacial score (nSPS) is 17.1. The molecule has 0 heterocycles. The van der Waals surface area contributed by atoms with E-state index in [1.165, 1.54) is 23.5 Å². The SMILES string of the molecule is CSC(SC)=C(Cl)C(=O)[C]1[CH][CH][CH][CH]1.